The topological polar surface area (TPSA) is 61.7 Å². The van der Waals surface area contributed by atoms with Gasteiger partial charge in [0.1, 0.15) is 0 Å². The Bertz CT molecular complexity index is 143. The van der Waals surface area contributed by atoms with Crippen LogP contribution in [-0.4, -0.2) is 48.7 Å². The highest BCUT2D eigenvalue weighted by atomic mass is 16.5. The van der Waals surface area contributed by atoms with Crippen molar-refractivity contribution < 1.29 is 14.9 Å². The van der Waals surface area contributed by atoms with Gasteiger partial charge in [-0.05, 0) is 32.2 Å². The molecule has 1 fully saturated rings. The van der Waals surface area contributed by atoms with Gasteiger partial charge in [-0.25, -0.2) is 0 Å². The molecule has 14 heavy (non-hydrogen) atoms. The zero-order valence-corrected chi connectivity index (χ0v) is 8.61. The third-order valence-corrected chi connectivity index (χ3v) is 2.59. The van der Waals surface area contributed by atoms with E-state index >= 15 is 0 Å². The Morgan fingerprint density at radius 2 is 2.14 bits per heavy atom. The fourth-order valence-electron chi connectivity index (χ4n) is 1.81. The predicted molar refractivity (Wildman–Crippen MR) is 54.2 cm³/mol. The van der Waals surface area contributed by atoms with Crippen molar-refractivity contribution in [2.75, 3.05) is 26.4 Å². The number of rotatable bonds is 7. The van der Waals surface area contributed by atoms with E-state index in [1.54, 1.807) is 0 Å². The molecule has 0 spiro atoms. The van der Waals surface area contributed by atoms with Gasteiger partial charge in [0.15, 0.2) is 0 Å². The van der Waals surface area contributed by atoms with Crippen molar-refractivity contribution in [3.05, 3.63) is 0 Å². The molecular weight excluding hydrogens is 182 g/mol. The van der Waals surface area contributed by atoms with E-state index in [4.69, 9.17) is 9.84 Å². The Balaban J connectivity index is 1.88. The molecular formula is C10H21NO3. The van der Waals surface area contributed by atoms with Crippen molar-refractivity contribution in [2.45, 2.75) is 37.8 Å². The van der Waals surface area contributed by atoms with Crippen LogP contribution in [0.15, 0.2) is 0 Å². The van der Waals surface area contributed by atoms with E-state index in [2.05, 4.69) is 5.32 Å². The van der Waals surface area contributed by atoms with Gasteiger partial charge in [0, 0.05) is 12.6 Å². The Morgan fingerprint density at radius 3 is 2.79 bits per heavy atom. The van der Waals surface area contributed by atoms with E-state index in [1.807, 2.05) is 0 Å². The summed E-state index contributed by atoms with van der Waals surface area (Å²) in [4.78, 5) is 0. The SMILES string of the molecule is OCCOCCCNC1CCCC1O. The molecule has 0 aliphatic heterocycles. The van der Waals surface area contributed by atoms with E-state index in [9.17, 15) is 5.11 Å². The van der Waals surface area contributed by atoms with Crippen LogP contribution < -0.4 is 5.32 Å². The quantitative estimate of drug-likeness (QED) is 0.505. The highest BCUT2D eigenvalue weighted by molar-refractivity contribution is 4.82. The average Bonchev–Trinajstić information content (AvgIpc) is 2.58. The molecule has 3 N–H and O–H groups in total. The molecule has 0 amide bonds. The molecule has 84 valence electrons. The summed E-state index contributed by atoms with van der Waals surface area (Å²) in [5.41, 5.74) is 0. The van der Waals surface area contributed by atoms with Crippen molar-refractivity contribution in [3.8, 4) is 0 Å². The van der Waals surface area contributed by atoms with Crippen molar-refractivity contribution in [3.63, 3.8) is 0 Å². The van der Waals surface area contributed by atoms with Crippen LogP contribution in [0.4, 0.5) is 0 Å². The monoisotopic (exact) mass is 203 g/mol. The predicted octanol–water partition coefficient (Wildman–Crippen LogP) is -0.112. The highest BCUT2D eigenvalue weighted by Gasteiger charge is 2.23. The van der Waals surface area contributed by atoms with Crippen molar-refractivity contribution >= 4 is 0 Å². The molecule has 0 radical (unpaired) electrons. The molecule has 1 aliphatic rings. The van der Waals surface area contributed by atoms with Crippen LogP contribution >= 0.6 is 0 Å². The van der Waals surface area contributed by atoms with Gasteiger partial charge in [0.05, 0.1) is 19.3 Å². The van der Waals surface area contributed by atoms with Crippen LogP contribution in [0, 0.1) is 0 Å². The second-order valence-electron chi connectivity index (χ2n) is 3.75. The molecule has 4 nitrogen and oxygen atoms in total. The zero-order valence-electron chi connectivity index (χ0n) is 8.61. The molecule has 2 unspecified atom stereocenters. The third-order valence-electron chi connectivity index (χ3n) is 2.59. The minimum atomic E-state index is -0.159. The fraction of sp³-hybridized carbons (Fsp3) is 1.00. The molecule has 1 rings (SSSR count). The van der Waals surface area contributed by atoms with E-state index in [1.165, 1.54) is 0 Å². The lowest BCUT2D eigenvalue weighted by Gasteiger charge is -2.16. The maximum Gasteiger partial charge on any atom is 0.0697 e. The van der Waals surface area contributed by atoms with Gasteiger partial charge in [-0.1, -0.05) is 0 Å². The van der Waals surface area contributed by atoms with E-state index in [0.717, 1.165) is 32.2 Å². The highest BCUT2D eigenvalue weighted by Crippen LogP contribution is 2.18. The summed E-state index contributed by atoms with van der Waals surface area (Å²) >= 11 is 0. The average molecular weight is 203 g/mol. The maximum atomic E-state index is 9.50. The van der Waals surface area contributed by atoms with Crippen LogP contribution in [0.3, 0.4) is 0 Å². The van der Waals surface area contributed by atoms with Gasteiger partial charge in [0.2, 0.25) is 0 Å². The first kappa shape index (κ1) is 11.9. The van der Waals surface area contributed by atoms with Crippen LogP contribution in [0.2, 0.25) is 0 Å². The third kappa shape index (κ3) is 4.37. The summed E-state index contributed by atoms with van der Waals surface area (Å²) in [6.07, 6.45) is 3.91. The van der Waals surface area contributed by atoms with Crippen molar-refractivity contribution in [1.29, 1.82) is 0 Å². The van der Waals surface area contributed by atoms with Crippen LogP contribution in [-0.2, 0) is 4.74 Å². The summed E-state index contributed by atoms with van der Waals surface area (Å²) in [5.74, 6) is 0. The lowest BCUT2D eigenvalue weighted by Crippen LogP contribution is -2.36. The number of aliphatic hydroxyl groups excluding tert-OH is 2. The van der Waals surface area contributed by atoms with Gasteiger partial charge in [-0.15, -0.1) is 0 Å². The van der Waals surface area contributed by atoms with E-state index in [-0.39, 0.29) is 18.8 Å². The number of ether oxygens (including phenoxy) is 1. The first-order valence-corrected chi connectivity index (χ1v) is 5.44. The molecule has 0 aromatic carbocycles. The first-order valence-electron chi connectivity index (χ1n) is 5.44. The zero-order chi connectivity index (χ0) is 10.2. The van der Waals surface area contributed by atoms with Crippen molar-refractivity contribution in [1.82, 2.24) is 5.32 Å². The van der Waals surface area contributed by atoms with Crippen LogP contribution in [0.5, 0.6) is 0 Å². The Morgan fingerprint density at radius 1 is 1.29 bits per heavy atom. The smallest absolute Gasteiger partial charge is 0.0697 e. The number of aliphatic hydroxyl groups is 2. The fourth-order valence-corrected chi connectivity index (χ4v) is 1.81. The first-order chi connectivity index (χ1) is 6.84. The molecule has 0 heterocycles. The summed E-state index contributed by atoms with van der Waals surface area (Å²) in [7, 11) is 0. The Labute approximate surface area is 85.3 Å². The van der Waals surface area contributed by atoms with Crippen LogP contribution in [0.1, 0.15) is 25.7 Å². The van der Waals surface area contributed by atoms with E-state index in [0.29, 0.717) is 13.2 Å². The molecule has 0 aromatic heterocycles. The van der Waals surface area contributed by atoms with Gasteiger partial charge >= 0.3 is 0 Å². The largest absolute Gasteiger partial charge is 0.394 e. The second-order valence-corrected chi connectivity index (χ2v) is 3.75. The Kier molecular flexibility index (Phi) is 6.10. The summed E-state index contributed by atoms with van der Waals surface area (Å²) in [5, 5.41) is 21.3. The number of hydrogen-bond acceptors (Lipinski definition) is 4. The molecule has 0 bridgehead atoms. The van der Waals surface area contributed by atoms with Gasteiger partial charge < -0.3 is 20.3 Å². The summed E-state index contributed by atoms with van der Waals surface area (Å²) in [6.45, 7) is 2.07. The minimum Gasteiger partial charge on any atom is -0.394 e. The van der Waals surface area contributed by atoms with E-state index < -0.39 is 0 Å². The minimum absolute atomic E-state index is 0.0920. The molecule has 0 saturated heterocycles. The van der Waals surface area contributed by atoms with Gasteiger partial charge in [-0.3, -0.25) is 0 Å². The number of hydrogen-bond donors (Lipinski definition) is 3. The normalized spacial score (nSPS) is 27.0. The molecule has 4 heteroatoms. The molecule has 1 saturated carbocycles. The summed E-state index contributed by atoms with van der Waals surface area (Å²) < 4.78 is 5.12. The molecule has 2 atom stereocenters. The second kappa shape index (κ2) is 7.17. The number of nitrogens with one attached hydrogen (secondary N) is 1. The maximum absolute atomic E-state index is 9.50. The van der Waals surface area contributed by atoms with Gasteiger partial charge in [0.25, 0.3) is 0 Å². The van der Waals surface area contributed by atoms with Crippen molar-refractivity contribution in [2.24, 2.45) is 0 Å². The van der Waals surface area contributed by atoms with Crippen LogP contribution in [0.25, 0.3) is 0 Å². The lowest BCUT2D eigenvalue weighted by atomic mass is 10.2. The lowest BCUT2D eigenvalue weighted by molar-refractivity contribution is 0.0887. The standard InChI is InChI=1S/C10H21NO3/c12-6-8-14-7-2-5-11-9-3-1-4-10(9)13/h9-13H,1-8H2. The molecule has 1 aliphatic carbocycles. The van der Waals surface area contributed by atoms with Gasteiger partial charge in [-0.2, -0.15) is 0 Å². The molecule has 0 aromatic rings. The summed E-state index contributed by atoms with van der Waals surface area (Å²) in [6, 6.07) is 0.285. The Hall–Kier alpha value is -0.160.